The zero-order valence-electron chi connectivity index (χ0n) is 8.69. The molecule has 0 saturated carbocycles. The van der Waals surface area contributed by atoms with E-state index in [1.54, 1.807) is 0 Å². The van der Waals surface area contributed by atoms with Crippen molar-refractivity contribution in [3.63, 3.8) is 0 Å². The standard InChI is InChI=1S/C10H17N2.Cu/c1-9(2)5-7-6-10(3,4)12-8(7)11-9;/h7H,5-6H2,1-4H3;/q-1;+1. The Hall–Kier alpha value is -0.0105. The van der Waals surface area contributed by atoms with Gasteiger partial charge in [0.25, 0.3) is 0 Å². The molecule has 0 amide bonds. The minimum atomic E-state index is 0. The first kappa shape index (κ1) is 11.1. The average molecular weight is 229 g/mol. The molecular weight excluding hydrogens is 212 g/mol. The molecular formula is C10H17CuN2. The van der Waals surface area contributed by atoms with E-state index in [1.807, 2.05) is 0 Å². The summed E-state index contributed by atoms with van der Waals surface area (Å²) in [5.41, 5.74) is 0.306. The Kier molecular flexibility index (Phi) is 2.55. The van der Waals surface area contributed by atoms with Crippen LogP contribution in [0.2, 0.25) is 0 Å². The van der Waals surface area contributed by atoms with E-state index in [1.165, 1.54) is 12.8 Å². The monoisotopic (exact) mass is 228 g/mol. The smallest absolute Gasteiger partial charge is 0.463 e. The van der Waals surface area contributed by atoms with Gasteiger partial charge in [0.15, 0.2) is 0 Å². The molecule has 3 heteroatoms. The molecule has 13 heavy (non-hydrogen) atoms. The molecule has 2 nitrogen and oxygen atoms in total. The molecule has 78 valence electrons. The molecule has 1 unspecified atom stereocenters. The molecule has 1 atom stereocenters. The molecule has 0 aromatic heterocycles. The van der Waals surface area contributed by atoms with Crippen molar-refractivity contribution in [3.05, 3.63) is 5.32 Å². The average Bonchev–Trinajstić information content (AvgIpc) is 2.12. The molecule has 0 radical (unpaired) electrons. The maximum absolute atomic E-state index is 4.63. The van der Waals surface area contributed by atoms with Crippen LogP contribution in [-0.2, 0) is 17.1 Å². The van der Waals surface area contributed by atoms with Crippen LogP contribution in [0, 0.1) is 5.92 Å². The van der Waals surface area contributed by atoms with Crippen LogP contribution in [0.5, 0.6) is 0 Å². The molecule has 2 heterocycles. The van der Waals surface area contributed by atoms with Gasteiger partial charge in [-0.25, -0.2) is 0 Å². The summed E-state index contributed by atoms with van der Waals surface area (Å²) in [5, 5.41) is 4.63. The van der Waals surface area contributed by atoms with Gasteiger partial charge in [0.05, 0.1) is 0 Å². The van der Waals surface area contributed by atoms with E-state index in [0.29, 0.717) is 5.92 Å². The Labute approximate surface area is 91.1 Å². The van der Waals surface area contributed by atoms with Crippen LogP contribution >= 0.6 is 0 Å². The Balaban J connectivity index is 0.000000845. The third-order valence-corrected chi connectivity index (χ3v) is 2.69. The van der Waals surface area contributed by atoms with E-state index < -0.39 is 0 Å². The maximum atomic E-state index is 4.63. The number of rotatable bonds is 0. The van der Waals surface area contributed by atoms with Crippen LogP contribution in [0.4, 0.5) is 0 Å². The largest absolute Gasteiger partial charge is 1.00 e. The fourth-order valence-corrected chi connectivity index (χ4v) is 2.38. The zero-order valence-corrected chi connectivity index (χ0v) is 9.63. The van der Waals surface area contributed by atoms with E-state index in [-0.39, 0.29) is 28.1 Å². The van der Waals surface area contributed by atoms with E-state index in [4.69, 9.17) is 0 Å². The molecule has 0 spiro atoms. The second-order valence-electron chi connectivity index (χ2n) is 5.31. The van der Waals surface area contributed by atoms with Crippen LogP contribution in [0.1, 0.15) is 40.5 Å². The number of hydrogen-bond donors (Lipinski definition) is 0. The zero-order chi connectivity index (χ0) is 8.98. The third kappa shape index (κ3) is 2.08. The molecule has 2 aliphatic rings. The van der Waals surface area contributed by atoms with Crippen LogP contribution in [0.3, 0.4) is 0 Å². The Bertz CT molecular complexity index is 243. The number of amidine groups is 1. The van der Waals surface area contributed by atoms with E-state index in [2.05, 4.69) is 38.0 Å². The molecule has 2 aliphatic heterocycles. The van der Waals surface area contributed by atoms with Crippen molar-refractivity contribution in [3.8, 4) is 0 Å². The van der Waals surface area contributed by atoms with Crippen molar-refractivity contribution < 1.29 is 17.1 Å². The number of hydrogen-bond acceptors (Lipinski definition) is 1. The number of aliphatic imine (C=N–C) groups is 1. The fraction of sp³-hybridized carbons (Fsp3) is 0.900. The predicted octanol–water partition coefficient (Wildman–Crippen LogP) is 2.74. The second-order valence-corrected chi connectivity index (χ2v) is 5.31. The normalized spacial score (nSPS) is 32.9. The van der Waals surface area contributed by atoms with Crippen molar-refractivity contribution in [2.45, 2.75) is 51.6 Å². The molecule has 0 aliphatic carbocycles. The van der Waals surface area contributed by atoms with Gasteiger partial charge in [-0.2, -0.15) is 0 Å². The first-order valence-electron chi connectivity index (χ1n) is 4.71. The van der Waals surface area contributed by atoms with Gasteiger partial charge in [0.2, 0.25) is 0 Å². The van der Waals surface area contributed by atoms with Crippen molar-refractivity contribution in [1.29, 1.82) is 0 Å². The van der Waals surface area contributed by atoms with Crippen molar-refractivity contribution >= 4 is 5.84 Å². The van der Waals surface area contributed by atoms with Crippen LogP contribution in [-0.4, -0.2) is 16.9 Å². The fourth-order valence-electron chi connectivity index (χ4n) is 2.38. The second kappa shape index (κ2) is 2.99. The van der Waals surface area contributed by atoms with Gasteiger partial charge in [-0.1, -0.05) is 33.5 Å². The van der Waals surface area contributed by atoms with Gasteiger partial charge in [0, 0.05) is 0 Å². The Morgan fingerprint density at radius 2 is 1.85 bits per heavy atom. The summed E-state index contributed by atoms with van der Waals surface area (Å²) in [7, 11) is 0. The van der Waals surface area contributed by atoms with Gasteiger partial charge in [0.1, 0.15) is 0 Å². The number of fused-ring (bicyclic) bond motifs is 1. The molecule has 0 aromatic carbocycles. The van der Waals surface area contributed by atoms with Gasteiger partial charge in [-0.3, -0.25) is 0 Å². The quantitative estimate of drug-likeness (QED) is 0.570. The van der Waals surface area contributed by atoms with Crippen LogP contribution in [0.15, 0.2) is 4.99 Å². The molecule has 0 N–H and O–H groups in total. The minimum absolute atomic E-state index is 0. The summed E-state index contributed by atoms with van der Waals surface area (Å²) in [5.74, 6) is 1.78. The maximum Gasteiger partial charge on any atom is 1.00 e. The third-order valence-electron chi connectivity index (χ3n) is 2.69. The summed E-state index contributed by atoms with van der Waals surface area (Å²) in [6, 6.07) is 0. The van der Waals surface area contributed by atoms with Crippen LogP contribution < -0.4 is 0 Å². The van der Waals surface area contributed by atoms with Gasteiger partial charge in [-0.15, -0.1) is 0 Å². The summed E-state index contributed by atoms with van der Waals surface area (Å²) < 4.78 is 0. The van der Waals surface area contributed by atoms with Gasteiger partial charge < -0.3 is 10.3 Å². The Morgan fingerprint density at radius 1 is 1.23 bits per heavy atom. The molecule has 0 aromatic rings. The van der Waals surface area contributed by atoms with Crippen molar-refractivity contribution in [1.82, 2.24) is 0 Å². The summed E-state index contributed by atoms with van der Waals surface area (Å²) in [6.45, 7) is 8.78. The van der Waals surface area contributed by atoms with E-state index >= 15 is 0 Å². The van der Waals surface area contributed by atoms with Gasteiger partial charge in [-0.05, 0) is 29.8 Å². The van der Waals surface area contributed by atoms with Crippen molar-refractivity contribution in [2.75, 3.05) is 0 Å². The summed E-state index contributed by atoms with van der Waals surface area (Å²) >= 11 is 0. The van der Waals surface area contributed by atoms with E-state index in [0.717, 1.165) is 5.84 Å². The van der Waals surface area contributed by atoms with Crippen molar-refractivity contribution in [2.24, 2.45) is 10.9 Å². The summed E-state index contributed by atoms with van der Waals surface area (Å²) in [6.07, 6.45) is 2.38. The first-order valence-corrected chi connectivity index (χ1v) is 4.71. The van der Waals surface area contributed by atoms with E-state index in [9.17, 15) is 0 Å². The topological polar surface area (TPSA) is 26.5 Å². The molecule has 1 saturated heterocycles. The molecule has 1 fully saturated rings. The Morgan fingerprint density at radius 3 is 2.38 bits per heavy atom. The molecule has 0 bridgehead atoms. The first-order chi connectivity index (χ1) is 5.38. The number of nitrogens with zero attached hydrogens (tertiary/aromatic N) is 2. The molecule has 2 rings (SSSR count). The SMILES string of the molecule is CC1(C)CC2CC(C)(C)[N-]C2=N1.[Cu+]. The summed E-state index contributed by atoms with van der Waals surface area (Å²) in [4.78, 5) is 4.63. The van der Waals surface area contributed by atoms with Gasteiger partial charge >= 0.3 is 17.1 Å². The predicted molar refractivity (Wildman–Crippen MR) is 51.7 cm³/mol. The minimum Gasteiger partial charge on any atom is -0.463 e. The van der Waals surface area contributed by atoms with Crippen LogP contribution in [0.25, 0.3) is 5.32 Å².